The number of aromatic hydroxyl groups is 1. The molecule has 37 heavy (non-hydrogen) atoms. The number of ether oxygens (including phenoxy) is 4. The molecular weight excluding hydrogens is 470 g/mol. The van der Waals surface area contributed by atoms with E-state index in [1.165, 1.54) is 24.6 Å². The third-order valence-electron chi connectivity index (χ3n) is 6.30. The van der Waals surface area contributed by atoms with Gasteiger partial charge in [0.2, 0.25) is 5.88 Å². The first-order chi connectivity index (χ1) is 18.0. The van der Waals surface area contributed by atoms with Crippen molar-refractivity contribution in [1.29, 1.82) is 0 Å². The standard InChI is InChI=1S/C30H27NO6/c1-3-35-26-15-21(10-13-24(26)36-17-18-8-9-19-6-4-5-7-20(19)14-18)27-23-12-11-22(32)16-25(23)37-29(31)28(27)30(33)34-2/h4-16,27,32H,3,17,31H2,1-2H3. The molecule has 0 saturated carbocycles. The van der Waals surface area contributed by atoms with Gasteiger partial charge >= 0.3 is 5.97 Å². The van der Waals surface area contributed by atoms with Crippen LogP contribution in [0.3, 0.4) is 0 Å². The highest BCUT2D eigenvalue weighted by Crippen LogP contribution is 2.45. The zero-order valence-electron chi connectivity index (χ0n) is 20.6. The Labute approximate surface area is 214 Å². The van der Waals surface area contributed by atoms with Gasteiger partial charge < -0.3 is 29.8 Å². The molecule has 1 heterocycles. The van der Waals surface area contributed by atoms with Crippen LogP contribution in [0.4, 0.5) is 0 Å². The number of hydrogen-bond donors (Lipinski definition) is 2. The molecule has 0 aromatic heterocycles. The lowest BCUT2D eigenvalue weighted by Gasteiger charge is -2.28. The van der Waals surface area contributed by atoms with Crippen LogP contribution in [0.5, 0.6) is 23.0 Å². The maximum absolute atomic E-state index is 12.7. The van der Waals surface area contributed by atoms with E-state index in [-0.39, 0.29) is 17.2 Å². The highest BCUT2D eigenvalue weighted by Gasteiger charge is 2.36. The van der Waals surface area contributed by atoms with Crippen molar-refractivity contribution < 1.29 is 28.8 Å². The van der Waals surface area contributed by atoms with E-state index in [4.69, 9.17) is 24.7 Å². The molecule has 3 N–H and O–H groups in total. The third kappa shape index (κ3) is 4.76. The van der Waals surface area contributed by atoms with E-state index in [0.29, 0.717) is 36.0 Å². The van der Waals surface area contributed by atoms with E-state index < -0.39 is 11.9 Å². The number of carbonyl (C=O) groups is 1. The highest BCUT2D eigenvalue weighted by molar-refractivity contribution is 5.92. The number of hydrogen-bond acceptors (Lipinski definition) is 7. The third-order valence-corrected chi connectivity index (χ3v) is 6.30. The fourth-order valence-corrected chi connectivity index (χ4v) is 4.58. The van der Waals surface area contributed by atoms with Gasteiger partial charge in [-0.3, -0.25) is 0 Å². The topological polar surface area (TPSA) is 100 Å². The number of esters is 1. The summed E-state index contributed by atoms with van der Waals surface area (Å²) < 4.78 is 22.7. The predicted octanol–water partition coefficient (Wildman–Crippen LogP) is 5.39. The Morgan fingerprint density at radius 1 is 0.946 bits per heavy atom. The van der Waals surface area contributed by atoms with Gasteiger partial charge in [-0.15, -0.1) is 0 Å². The summed E-state index contributed by atoms with van der Waals surface area (Å²) in [6.45, 7) is 2.68. The molecule has 0 fully saturated rings. The summed E-state index contributed by atoms with van der Waals surface area (Å²) in [4.78, 5) is 12.7. The number of phenols is 1. The van der Waals surface area contributed by atoms with Crippen LogP contribution in [0.1, 0.15) is 29.5 Å². The van der Waals surface area contributed by atoms with Crippen molar-refractivity contribution >= 4 is 16.7 Å². The Balaban J connectivity index is 1.50. The minimum absolute atomic E-state index is 0.0271. The van der Waals surface area contributed by atoms with Crippen LogP contribution in [0.25, 0.3) is 10.8 Å². The molecule has 0 radical (unpaired) electrons. The van der Waals surface area contributed by atoms with E-state index in [9.17, 15) is 9.90 Å². The quantitative estimate of drug-likeness (QED) is 0.330. The molecule has 4 aromatic carbocycles. The van der Waals surface area contributed by atoms with Gasteiger partial charge in [0.15, 0.2) is 11.5 Å². The van der Waals surface area contributed by atoms with Crippen molar-refractivity contribution in [3.8, 4) is 23.0 Å². The minimum atomic E-state index is -0.601. The lowest BCUT2D eigenvalue weighted by Crippen LogP contribution is -2.27. The predicted molar refractivity (Wildman–Crippen MR) is 140 cm³/mol. The molecule has 188 valence electrons. The van der Waals surface area contributed by atoms with Crippen molar-refractivity contribution in [2.75, 3.05) is 13.7 Å². The van der Waals surface area contributed by atoms with Crippen LogP contribution in [0.15, 0.2) is 90.3 Å². The maximum atomic E-state index is 12.7. The van der Waals surface area contributed by atoms with Gasteiger partial charge in [-0.1, -0.05) is 48.5 Å². The van der Waals surface area contributed by atoms with E-state index in [1.807, 2.05) is 43.3 Å². The number of benzene rings is 4. The van der Waals surface area contributed by atoms with Crippen molar-refractivity contribution in [3.63, 3.8) is 0 Å². The Kier molecular flexibility index (Phi) is 6.60. The normalized spacial score (nSPS) is 14.6. The molecule has 1 unspecified atom stereocenters. The van der Waals surface area contributed by atoms with E-state index in [1.54, 1.807) is 6.07 Å². The molecule has 0 amide bonds. The first-order valence-corrected chi connectivity index (χ1v) is 11.9. The van der Waals surface area contributed by atoms with Crippen molar-refractivity contribution in [3.05, 3.63) is 107 Å². The number of methoxy groups -OCH3 is 1. The molecule has 0 aliphatic carbocycles. The lowest BCUT2D eigenvalue weighted by molar-refractivity contribution is -0.136. The average molecular weight is 498 g/mol. The molecule has 4 aromatic rings. The summed E-state index contributed by atoms with van der Waals surface area (Å²) in [6, 6.07) is 24.6. The average Bonchev–Trinajstić information content (AvgIpc) is 2.91. The molecule has 7 heteroatoms. The summed E-state index contributed by atoms with van der Waals surface area (Å²) in [5.74, 6) is 0.235. The minimum Gasteiger partial charge on any atom is -0.508 e. The van der Waals surface area contributed by atoms with Crippen LogP contribution < -0.4 is 19.9 Å². The number of rotatable bonds is 7. The van der Waals surface area contributed by atoms with E-state index in [0.717, 1.165) is 16.5 Å². The van der Waals surface area contributed by atoms with Gasteiger partial charge in [0.1, 0.15) is 23.7 Å². The number of fused-ring (bicyclic) bond motifs is 2. The summed E-state index contributed by atoms with van der Waals surface area (Å²) >= 11 is 0. The summed E-state index contributed by atoms with van der Waals surface area (Å²) in [7, 11) is 1.29. The van der Waals surface area contributed by atoms with Gasteiger partial charge in [0, 0.05) is 11.6 Å². The fraction of sp³-hybridized carbons (Fsp3) is 0.167. The Morgan fingerprint density at radius 3 is 2.54 bits per heavy atom. The van der Waals surface area contributed by atoms with Crippen LogP contribution in [0.2, 0.25) is 0 Å². The van der Waals surface area contributed by atoms with Crippen LogP contribution in [-0.2, 0) is 16.1 Å². The van der Waals surface area contributed by atoms with Gasteiger partial charge in [-0.2, -0.15) is 0 Å². The van der Waals surface area contributed by atoms with Gasteiger partial charge in [0.25, 0.3) is 0 Å². The first-order valence-electron chi connectivity index (χ1n) is 11.9. The smallest absolute Gasteiger partial charge is 0.340 e. The molecule has 1 aliphatic rings. The van der Waals surface area contributed by atoms with Crippen molar-refractivity contribution in [2.45, 2.75) is 19.4 Å². The molecule has 0 spiro atoms. The molecule has 0 saturated heterocycles. The van der Waals surface area contributed by atoms with Crippen molar-refractivity contribution in [2.24, 2.45) is 5.73 Å². The molecule has 7 nitrogen and oxygen atoms in total. The number of carbonyl (C=O) groups excluding carboxylic acids is 1. The summed E-state index contributed by atoms with van der Waals surface area (Å²) in [6.07, 6.45) is 0. The first kappa shape index (κ1) is 24.1. The van der Waals surface area contributed by atoms with Gasteiger partial charge in [-0.05, 0) is 53.1 Å². The highest BCUT2D eigenvalue weighted by atomic mass is 16.5. The Morgan fingerprint density at radius 2 is 1.76 bits per heavy atom. The lowest BCUT2D eigenvalue weighted by atomic mass is 9.83. The maximum Gasteiger partial charge on any atom is 0.340 e. The van der Waals surface area contributed by atoms with Crippen LogP contribution >= 0.6 is 0 Å². The molecule has 0 bridgehead atoms. The summed E-state index contributed by atoms with van der Waals surface area (Å²) in [5, 5.41) is 12.3. The summed E-state index contributed by atoms with van der Waals surface area (Å²) in [5.41, 5.74) is 8.76. The second-order valence-electron chi connectivity index (χ2n) is 8.64. The Hall–Kier alpha value is -4.65. The number of nitrogens with two attached hydrogens (primary N) is 1. The molecule has 5 rings (SSSR count). The zero-order valence-corrected chi connectivity index (χ0v) is 20.6. The zero-order chi connectivity index (χ0) is 25.9. The van der Waals surface area contributed by atoms with Crippen LogP contribution in [-0.4, -0.2) is 24.8 Å². The monoisotopic (exact) mass is 497 g/mol. The van der Waals surface area contributed by atoms with E-state index >= 15 is 0 Å². The fourth-order valence-electron chi connectivity index (χ4n) is 4.58. The SMILES string of the molecule is CCOc1cc(C2C(C(=O)OC)=C(N)Oc3cc(O)ccc32)ccc1OCc1ccc2ccccc2c1. The van der Waals surface area contributed by atoms with Crippen molar-refractivity contribution in [1.82, 2.24) is 0 Å². The van der Waals surface area contributed by atoms with Gasteiger partial charge in [-0.25, -0.2) is 4.79 Å². The molecule has 1 atom stereocenters. The number of phenolic OH excluding ortho intramolecular Hbond substituents is 1. The van der Waals surface area contributed by atoms with E-state index in [2.05, 4.69) is 24.3 Å². The molecule has 1 aliphatic heterocycles. The Bertz CT molecular complexity index is 1510. The van der Waals surface area contributed by atoms with Gasteiger partial charge in [0.05, 0.1) is 19.6 Å². The second kappa shape index (κ2) is 10.1. The van der Waals surface area contributed by atoms with Crippen LogP contribution in [0, 0.1) is 0 Å². The molecular formula is C30H27NO6. The second-order valence-corrected chi connectivity index (χ2v) is 8.64. The largest absolute Gasteiger partial charge is 0.508 e.